The van der Waals surface area contributed by atoms with Crippen LogP contribution in [0.2, 0.25) is 0 Å². The molecule has 2 heterocycles. The molecule has 0 N–H and O–H groups in total. The summed E-state index contributed by atoms with van der Waals surface area (Å²) in [7, 11) is 0. The van der Waals surface area contributed by atoms with Gasteiger partial charge in [0, 0.05) is 51.0 Å². The second-order valence-electron chi connectivity index (χ2n) is 5.48. The van der Waals surface area contributed by atoms with Crippen LogP contribution in [0.25, 0.3) is 0 Å². The van der Waals surface area contributed by atoms with E-state index in [1.165, 1.54) is 5.56 Å². The third-order valence-corrected chi connectivity index (χ3v) is 4.15. The highest BCUT2D eigenvalue weighted by atomic mass is 16.2. The molecule has 0 radical (unpaired) electrons. The molecule has 1 amide bonds. The van der Waals surface area contributed by atoms with Crippen molar-refractivity contribution in [3.05, 3.63) is 30.1 Å². The van der Waals surface area contributed by atoms with E-state index in [-0.39, 0.29) is 5.92 Å². The van der Waals surface area contributed by atoms with Crippen molar-refractivity contribution in [1.82, 2.24) is 14.8 Å². The molecular weight excluding hydrogens is 250 g/mol. The van der Waals surface area contributed by atoms with E-state index in [1.54, 1.807) is 6.20 Å². The van der Waals surface area contributed by atoms with Gasteiger partial charge in [0.25, 0.3) is 0 Å². The maximum absolute atomic E-state index is 12.3. The van der Waals surface area contributed by atoms with Gasteiger partial charge in [-0.1, -0.05) is 19.9 Å². The molecule has 0 atom stereocenters. The van der Waals surface area contributed by atoms with Gasteiger partial charge in [-0.3, -0.25) is 14.7 Å². The topological polar surface area (TPSA) is 36.4 Å². The molecule has 1 aliphatic rings. The molecular formula is C16H25N3O. The Labute approximate surface area is 121 Å². The van der Waals surface area contributed by atoms with Gasteiger partial charge in [-0.25, -0.2) is 0 Å². The predicted molar refractivity (Wildman–Crippen MR) is 80.2 cm³/mol. The minimum Gasteiger partial charge on any atom is -0.340 e. The summed E-state index contributed by atoms with van der Waals surface area (Å²) in [5, 5.41) is 0. The minimum absolute atomic E-state index is 0.208. The second kappa shape index (κ2) is 7.39. The lowest BCUT2D eigenvalue weighted by molar-refractivity contribution is -0.137. The molecule has 0 spiro atoms. The molecule has 1 aromatic heterocycles. The average molecular weight is 275 g/mol. The van der Waals surface area contributed by atoms with Crippen LogP contribution >= 0.6 is 0 Å². The summed E-state index contributed by atoms with van der Waals surface area (Å²) in [6, 6.07) is 4.08. The van der Waals surface area contributed by atoms with Gasteiger partial charge in [0.1, 0.15) is 0 Å². The number of hydrogen-bond donors (Lipinski definition) is 0. The molecule has 0 aromatic carbocycles. The fraction of sp³-hybridized carbons (Fsp3) is 0.625. The molecule has 0 saturated carbocycles. The zero-order chi connectivity index (χ0) is 14.4. The van der Waals surface area contributed by atoms with Crippen LogP contribution in [0.5, 0.6) is 0 Å². The first-order chi connectivity index (χ1) is 9.74. The van der Waals surface area contributed by atoms with Crippen molar-refractivity contribution in [1.29, 1.82) is 0 Å². The van der Waals surface area contributed by atoms with Crippen LogP contribution in [0.1, 0.15) is 32.3 Å². The summed E-state index contributed by atoms with van der Waals surface area (Å²) in [6.07, 6.45) is 5.62. The Balaban J connectivity index is 1.82. The monoisotopic (exact) mass is 275 g/mol. The van der Waals surface area contributed by atoms with Crippen molar-refractivity contribution >= 4 is 5.91 Å². The number of nitrogens with zero attached hydrogens (tertiary/aromatic N) is 3. The van der Waals surface area contributed by atoms with Crippen LogP contribution in [0.15, 0.2) is 24.5 Å². The van der Waals surface area contributed by atoms with E-state index in [4.69, 9.17) is 0 Å². The summed E-state index contributed by atoms with van der Waals surface area (Å²) in [6.45, 7) is 8.77. The maximum Gasteiger partial charge on any atom is 0.225 e. The fourth-order valence-corrected chi connectivity index (χ4v) is 2.77. The minimum atomic E-state index is 0.208. The van der Waals surface area contributed by atoms with Gasteiger partial charge in [0.05, 0.1) is 0 Å². The van der Waals surface area contributed by atoms with Crippen molar-refractivity contribution < 1.29 is 4.79 Å². The van der Waals surface area contributed by atoms with Crippen molar-refractivity contribution in [3.8, 4) is 0 Å². The summed E-state index contributed by atoms with van der Waals surface area (Å²) in [5.74, 6) is 0.552. The number of amides is 1. The Hall–Kier alpha value is -1.42. The molecule has 1 aliphatic heterocycles. The normalized spacial score (nSPS) is 16.6. The van der Waals surface area contributed by atoms with Gasteiger partial charge in [-0.15, -0.1) is 0 Å². The lowest BCUT2D eigenvalue weighted by Gasteiger charge is -2.36. The molecule has 0 aliphatic carbocycles. The number of hydrogen-bond acceptors (Lipinski definition) is 3. The molecule has 2 rings (SSSR count). The first kappa shape index (κ1) is 15.0. The van der Waals surface area contributed by atoms with E-state index in [2.05, 4.69) is 29.8 Å². The molecule has 20 heavy (non-hydrogen) atoms. The largest absolute Gasteiger partial charge is 0.340 e. The zero-order valence-electron chi connectivity index (χ0n) is 12.6. The summed E-state index contributed by atoms with van der Waals surface area (Å²) >= 11 is 0. The molecule has 1 fully saturated rings. The maximum atomic E-state index is 12.3. The Morgan fingerprint density at radius 2 is 1.95 bits per heavy atom. The fourth-order valence-electron chi connectivity index (χ4n) is 2.77. The predicted octanol–water partition coefficient (Wildman–Crippen LogP) is 2.16. The summed E-state index contributed by atoms with van der Waals surface area (Å²) < 4.78 is 0. The van der Waals surface area contributed by atoms with Crippen LogP contribution < -0.4 is 0 Å². The van der Waals surface area contributed by atoms with Gasteiger partial charge >= 0.3 is 0 Å². The van der Waals surface area contributed by atoms with Crippen molar-refractivity contribution in [3.63, 3.8) is 0 Å². The average Bonchev–Trinajstić information content (AvgIpc) is 2.50. The standard InChI is InChI=1S/C16H25N3O/c1-3-15(4-2)16(20)19-10-8-18(9-11-19)13-14-6-5-7-17-12-14/h5-7,12,15H,3-4,8-11,13H2,1-2H3. The van der Waals surface area contributed by atoms with Gasteiger partial charge < -0.3 is 4.90 Å². The molecule has 1 saturated heterocycles. The van der Waals surface area contributed by atoms with Crippen LogP contribution in [0.4, 0.5) is 0 Å². The third kappa shape index (κ3) is 3.79. The first-order valence-electron chi connectivity index (χ1n) is 7.64. The van der Waals surface area contributed by atoms with Gasteiger partial charge in [-0.2, -0.15) is 0 Å². The Bertz CT molecular complexity index is 409. The van der Waals surface area contributed by atoms with Crippen LogP contribution in [-0.4, -0.2) is 46.9 Å². The van der Waals surface area contributed by atoms with Gasteiger partial charge in [-0.05, 0) is 24.5 Å². The van der Waals surface area contributed by atoms with E-state index < -0.39 is 0 Å². The zero-order valence-corrected chi connectivity index (χ0v) is 12.6. The van der Waals surface area contributed by atoms with Crippen molar-refractivity contribution in [2.75, 3.05) is 26.2 Å². The highest BCUT2D eigenvalue weighted by Gasteiger charge is 2.25. The van der Waals surface area contributed by atoms with Crippen molar-refractivity contribution in [2.24, 2.45) is 5.92 Å². The van der Waals surface area contributed by atoms with E-state index in [0.29, 0.717) is 5.91 Å². The smallest absolute Gasteiger partial charge is 0.225 e. The lowest BCUT2D eigenvalue weighted by atomic mass is 10.0. The second-order valence-corrected chi connectivity index (χ2v) is 5.48. The van der Waals surface area contributed by atoms with E-state index >= 15 is 0 Å². The van der Waals surface area contributed by atoms with Crippen molar-refractivity contribution in [2.45, 2.75) is 33.2 Å². The summed E-state index contributed by atoms with van der Waals surface area (Å²) in [5.41, 5.74) is 1.24. The molecule has 4 nitrogen and oxygen atoms in total. The SMILES string of the molecule is CCC(CC)C(=O)N1CCN(Cc2cccnc2)CC1. The van der Waals surface area contributed by atoms with Crippen LogP contribution in [-0.2, 0) is 11.3 Å². The quantitative estimate of drug-likeness (QED) is 0.826. The van der Waals surface area contributed by atoms with Crippen LogP contribution in [0.3, 0.4) is 0 Å². The molecule has 110 valence electrons. The van der Waals surface area contributed by atoms with E-state index in [0.717, 1.165) is 45.6 Å². The molecule has 0 bridgehead atoms. The summed E-state index contributed by atoms with van der Waals surface area (Å²) in [4.78, 5) is 20.9. The Morgan fingerprint density at radius 1 is 1.25 bits per heavy atom. The first-order valence-corrected chi connectivity index (χ1v) is 7.64. The van der Waals surface area contributed by atoms with Crippen LogP contribution in [0, 0.1) is 5.92 Å². The molecule has 4 heteroatoms. The number of rotatable bonds is 5. The number of carbonyl (C=O) groups is 1. The third-order valence-electron chi connectivity index (χ3n) is 4.15. The van der Waals surface area contributed by atoms with E-state index in [9.17, 15) is 4.79 Å². The molecule has 0 unspecified atom stereocenters. The van der Waals surface area contributed by atoms with Gasteiger partial charge in [0.15, 0.2) is 0 Å². The Morgan fingerprint density at radius 3 is 2.50 bits per heavy atom. The highest BCUT2D eigenvalue weighted by molar-refractivity contribution is 5.78. The Kier molecular flexibility index (Phi) is 5.53. The van der Waals surface area contributed by atoms with Gasteiger partial charge in [0.2, 0.25) is 5.91 Å². The number of carbonyl (C=O) groups excluding carboxylic acids is 1. The number of aromatic nitrogens is 1. The highest BCUT2D eigenvalue weighted by Crippen LogP contribution is 2.14. The number of piperazine rings is 1. The van der Waals surface area contributed by atoms with E-state index in [1.807, 2.05) is 17.2 Å². The number of pyridine rings is 1. The molecule has 1 aromatic rings. The lowest BCUT2D eigenvalue weighted by Crippen LogP contribution is -2.49.